The number of rotatable bonds is 4. The molecule has 3 heterocycles. The molecule has 2 N–H and O–H groups in total. The molecular weight excluding hydrogens is 369 g/mol. The van der Waals surface area contributed by atoms with E-state index in [-0.39, 0.29) is 5.82 Å². The van der Waals surface area contributed by atoms with Crippen molar-refractivity contribution in [1.29, 1.82) is 0 Å². The van der Waals surface area contributed by atoms with E-state index in [0.717, 1.165) is 29.6 Å². The van der Waals surface area contributed by atoms with E-state index in [1.54, 1.807) is 18.2 Å². The first-order valence-electron chi connectivity index (χ1n) is 8.41. The van der Waals surface area contributed by atoms with Gasteiger partial charge in [-0.25, -0.2) is 14.4 Å². The second kappa shape index (κ2) is 6.59. The highest BCUT2D eigenvalue weighted by Crippen LogP contribution is 2.35. The lowest BCUT2D eigenvalue weighted by Gasteiger charge is -2.17. The van der Waals surface area contributed by atoms with E-state index in [2.05, 4.69) is 30.5 Å². The smallest absolute Gasteiger partial charge is 0.323 e. The quantitative estimate of drug-likeness (QED) is 0.546. The van der Waals surface area contributed by atoms with Crippen molar-refractivity contribution in [2.45, 2.75) is 19.8 Å². The van der Waals surface area contributed by atoms with Crippen molar-refractivity contribution >= 4 is 22.5 Å². The molecule has 0 amide bonds. The van der Waals surface area contributed by atoms with Crippen molar-refractivity contribution in [3.05, 3.63) is 71.2 Å². The van der Waals surface area contributed by atoms with Crippen LogP contribution in [0.25, 0.3) is 10.9 Å². The number of nitrogens with zero attached hydrogens (tertiary/aromatic N) is 4. The first kappa shape index (κ1) is 17.9. The monoisotopic (exact) mass is 384 g/mol. The first-order valence-corrected chi connectivity index (χ1v) is 8.41. The Bertz CT molecular complexity index is 1150. The van der Waals surface area contributed by atoms with Gasteiger partial charge in [-0.05, 0) is 43.7 Å². The zero-order valence-corrected chi connectivity index (χ0v) is 15.0. The standard InChI is InChI=1S/C19H15F3N6/c1-10-3-5-13-14(7-10)24-18(19(21,22)15-6-4-12(20)9-23-15)26-17(13)25-16-8-11(2)27-28-16/h3-9H,1-2H3,(H2,24,25,26,27,28). The molecule has 0 aliphatic carbocycles. The lowest BCUT2D eigenvalue weighted by Crippen LogP contribution is -2.21. The fourth-order valence-corrected chi connectivity index (χ4v) is 2.75. The van der Waals surface area contributed by atoms with E-state index >= 15 is 8.78 Å². The summed E-state index contributed by atoms with van der Waals surface area (Å²) in [6.45, 7) is 3.66. The second-order valence-corrected chi connectivity index (χ2v) is 6.41. The number of pyridine rings is 1. The Balaban J connectivity index is 1.87. The maximum Gasteiger partial charge on any atom is 0.348 e. The van der Waals surface area contributed by atoms with Crippen molar-refractivity contribution < 1.29 is 13.2 Å². The number of aromatic nitrogens is 5. The molecule has 0 saturated heterocycles. The molecule has 0 fully saturated rings. The van der Waals surface area contributed by atoms with Crippen molar-refractivity contribution in [3.8, 4) is 0 Å². The van der Waals surface area contributed by atoms with Crippen molar-refractivity contribution in [2.24, 2.45) is 0 Å². The third-order valence-electron chi connectivity index (χ3n) is 4.13. The van der Waals surface area contributed by atoms with Gasteiger partial charge in [0.2, 0.25) is 5.82 Å². The van der Waals surface area contributed by atoms with E-state index in [0.29, 0.717) is 16.7 Å². The van der Waals surface area contributed by atoms with Crippen molar-refractivity contribution in [1.82, 2.24) is 25.1 Å². The van der Waals surface area contributed by atoms with Gasteiger partial charge in [-0.1, -0.05) is 6.07 Å². The number of aryl methyl sites for hydroxylation is 2. The van der Waals surface area contributed by atoms with Crippen LogP contribution >= 0.6 is 0 Å². The number of alkyl halides is 2. The maximum absolute atomic E-state index is 15.0. The van der Waals surface area contributed by atoms with Crippen molar-refractivity contribution in [2.75, 3.05) is 5.32 Å². The van der Waals surface area contributed by atoms with Gasteiger partial charge in [-0.2, -0.15) is 13.9 Å². The summed E-state index contributed by atoms with van der Waals surface area (Å²) in [5.74, 6) is -4.42. The molecule has 4 aromatic rings. The summed E-state index contributed by atoms with van der Waals surface area (Å²) >= 11 is 0. The topological polar surface area (TPSA) is 79.4 Å². The predicted octanol–water partition coefficient (Wildman–Crippen LogP) is 4.39. The van der Waals surface area contributed by atoms with Gasteiger partial charge in [0.05, 0.1) is 11.7 Å². The van der Waals surface area contributed by atoms with Crippen LogP contribution in [0.2, 0.25) is 0 Å². The summed E-state index contributed by atoms with van der Waals surface area (Å²) in [5, 5.41) is 10.4. The van der Waals surface area contributed by atoms with Gasteiger partial charge in [-0.15, -0.1) is 0 Å². The molecule has 1 aromatic carbocycles. The molecule has 0 aliphatic rings. The molecule has 0 unspecified atom stereocenters. The number of anilines is 2. The number of H-pyrrole nitrogens is 1. The Morgan fingerprint density at radius 1 is 1.04 bits per heavy atom. The van der Waals surface area contributed by atoms with Crippen LogP contribution < -0.4 is 5.32 Å². The molecule has 0 aliphatic heterocycles. The largest absolute Gasteiger partial charge is 0.348 e. The number of fused-ring (bicyclic) bond motifs is 1. The molecular formula is C19H15F3N6. The average molecular weight is 384 g/mol. The molecule has 0 saturated carbocycles. The van der Waals surface area contributed by atoms with E-state index in [9.17, 15) is 4.39 Å². The summed E-state index contributed by atoms with van der Waals surface area (Å²) in [5.41, 5.74) is 1.38. The Kier molecular flexibility index (Phi) is 4.21. The normalized spacial score (nSPS) is 11.8. The number of hydrogen-bond donors (Lipinski definition) is 2. The van der Waals surface area contributed by atoms with Gasteiger partial charge in [0.15, 0.2) is 5.82 Å². The third-order valence-corrected chi connectivity index (χ3v) is 4.13. The van der Waals surface area contributed by atoms with Crippen LogP contribution in [0.4, 0.5) is 24.8 Å². The van der Waals surface area contributed by atoms with Gasteiger partial charge >= 0.3 is 5.92 Å². The van der Waals surface area contributed by atoms with Gasteiger partial charge in [0.1, 0.15) is 17.3 Å². The van der Waals surface area contributed by atoms with E-state index in [1.165, 1.54) is 0 Å². The summed E-state index contributed by atoms with van der Waals surface area (Å²) < 4.78 is 43.1. The number of benzene rings is 1. The minimum atomic E-state index is -3.61. The lowest BCUT2D eigenvalue weighted by atomic mass is 10.1. The fraction of sp³-hybridized carbons (Fsp3) is 0.158. The summed E-state index contributed by atoms with van der Waals surface area (Å²) in [6, 6.07) is 8.85. The number of aromatic amines is 1. The molecule has 6 nitrogen and oxygen atoms in total. The van der Waals surface area contributed by atoms with Crippen LogP contribution in [0.15, 0.2) is 42.6 Å². The minimum Gasteiger partial charge on any atom is -0.323 e. The van der Waals surface area contributed by atoms with Gasteiger partial charge in [-0.3, -0.25) is 10.1 Å². The van der Waals surface area contributed by atoms with Crippen molar-refractivity contribution in [3.63, 3.8) is 0 Å². The highest BCUT2D eigenvalue weighted by atomic mass is 19.3. The Labute approximate surface area is 157 Å². The Morgan fingerprint density at radius 3 is 2.54 bits per heavy atom. The second-order valence-electron chi connectivity index (χ2n) is 6.41. The summed E-state index contributed by atoms with van der Waals surface area (Å²) in [4.78, 5) is 11.6. The zero-order valence-electron chi connectivity index (χ0n) is 15.0. The molecule has 4 rings (SSSR count). The van der Waals surface area contributed by atoms with Crippen LogP contribution in [-0.4, -0.2) is 25.1 Å². The molecule has 3 aromatic heterocycles. The first-order chi connectivity index (χ1) is 13.3. The van der Waals surface area contributed by atoms with Gasteiger partial charge in [0.25, 0.3) is 0 Å². The molecule has 0 atom stereocenters. The Morgan fingerprint density at radius 2 is 1.86 bits per heavy atom. The number of hydrogen-bond acceptors (Lipinski definition) is 5. The zero-order chi connectivity index (χ0) is 19.9. The SMILES string of the molecule is Cc1ccc2c(Nc3cc(C)[nH]n3)nc(C(F)(F)c3ccc(F)cn3)nc2c1. The average Bonchev–Trinajstić information content (AvgIpc) is 3.06. The highest BCUT2D eigenvalue weighted by Gasteiger charge is 2.40. The maximum atomic E-state index is 15.0. The summed E-state index contributed by atoms with van der Waals surface area (Å²) in [6.07, 6.45) is 0.736. The molecule has 142 valence electrons. The Hall–Kier alpha value is -3.49. The fourth-order valence-electron chi connectivity index (χ4n) is 2.75. The highest BCUT2D eigenvalue weighted by molar-refractivity contribution is 5.91. The third kappa shape index (κ3) is 3.26. The van der Waals surface area contributed by atoms with Crippen LogP contribution in [0.5, 0.6) is 0 Å². The van der Waals surface area contributed by atoms with Gasteiger partial charge in [0, 0.05) is 17.1 Å². The van der Waals surface area contributed by atoms with E-state index in [4.69, 9.17) is 0 Å². The van der Waals surface area contributed by atoms with E-state index < -0.39 is 23.3 Å². The molecule has 0 radical (unpaired) electrons. The predicted molar refractivity (Wildman–Crippen MR) is 98.1 cm³/mol. The lowest BCUT2D eigenvalue weighted by molar-refractivity contribution is 0.0285. The molecule has 0 spiro atoms. The van der Waals surface area contributed by atoms with Gasteiger partial charge < -0.3 is 5.32 Å². The van der Waals surface area contributed by atoms with Crippen LogP contribution in [0.1, 0.15) is 22.8 Å². The molecule has 9 heteroatoms. The van der Waals surface area contributed by atoms with Crippen LogP contribution in [0, 0.1) is 19.7 Å². The molecule has 28 heavy (non-hydrogen) atoms. The van der Waals surface area contributed by atoms with Crippen LogP contribution in [0.3, 0.4) is 0 Å². The van der Waals surface area contributed by atoms with E-state index in [1.807, 2.05) is 19.9 Å². The minimum absolute atomic E-state index is 0.188. The van der Waals surface area contributed by atoms with Crippen LogP contribution in [-0.2, 0) is 5.92 Å². The number of halogens is 3. The summed E-state index contributed by atoms with van der Waals surface area (Å²) in [7, 11) is 0. The number of nitrogens with one attached hydrogen (secondary N) is 2. The molecule has 0 bridgehead atoms.